The topological polar surface area (TPSA) is 55.6 Å². The van der Waals surface area contributed by atoms with E-state index in [1.165, 1.54) is 0 Å². The molecule has 0 aliphatic carbocycles. The van der Waals surface area contributed by atoms with Crippen LogP contribution in [0.15, 0.2) is 79.1 Å². The Hall–Kier alpha value is -3.60. The summed E-state index contributed by atoms with van der Waals surface area (Å²) in [6.45, 7) is 2.81. The van der Waals surface area contributed by atoms with E-state index in [9.17, 15) is 4.79 Å². The van der Waals surface area contributed by atoms with Gasteiger partial charge in [0, 0.05) is 18.9 Å². The van der Waals surface area contributed by atoms with Crippen molar-refractivity contribution < 1.29 is 9.53 Å². The van der Waals surface area contributed by atoms with Crippen molar-refractivity contribution in [1.82, 2.24) is 14.7 Å². The van der Waals surface area contributed by atoms with Crippen molar-refractivity contribution in [2.75, 3.05) is 0 Å². The number of benzene rings is 2. The molecule has 0 spiro atoms. The van der Waals surface area contributed by atoms with E-state index < -0.39 is 0 Å². The van der Waals surface area contributed by atoms with Crippen molar-refractivity contribution in [3.63, 3.8) is 0 Å². The van der Waals surface area contributed by atoms with Gasteiger partial charge in [0.25, 0.3) is 5.91 Å². The molecule has 4 rings (SSSR count). The Morgan fingerprint density at radius 3 is 2.64 bits per heavy atom. The number of rotatable bonds is 6. The fourth-order valence-electron chi connectivity index (χ4n) is 3.03. The molecular formula is C23H21N3O2. The van der Waals surface area contributed by atoms with Crippen molar-refractivity contribution in [3.05, 3.63) is 102 Å². The predicted molar refractivity (Wildman–Crippen MR) is 108 cm³/mol. The zero-order chi connectivity index (χ0) is 19.3. The van der Waals surface area contributed by atoms with Crippen LogP contribution in [0.4, 0.5) is 0 Å². The van der Waals surface area contributed by atoms with E-state index in [0.717, 1.165) is 22.5 Å². The molecule has 2 aromatic heterocycles. The number of carbonyl (C=O) groups is 1. The van der Waals surface area contributed by atoms with Crippen LogP contribution in [0, 0.1) is 6.92 Å². The quantitative estimate of drug-likeness (QED) is 0.554. The highest BCUT2D eigenvalue weighted by Gasteiger charge is 2.12. The Balaban J connectivity index is 1.45. The second kappa shape index (κ2) is 7.96. The van der Waals surface area contributed by atoms with Gasteiger partial charge < -0.3 is 14.5 Å². The van der Waals surface area contributed by atoms with Gasteiger partial charge in [0.05, 0.1) is 11.3 Å². The van der Waals surface area contributed by atoms with Gasteiger partial charge in [0.15, 0.2) is 0 Å². The first-order valence-corrected chi connectivity index (χ1v) is 9.17. The Bertz CT molecular complexity index is 1100. The number of nitrogens with one attached hydrogen (secondary N) is 1. The van der Waals surface area contributed by atoms with Crippen LogP contribution in [0.5, 0.6) is 5.75 Å². The van der Waals surface area contributed by atoms with Crippen LogP contribution in [0.1, 0.15) is 27.2 Å². The molecule has 4 aromatic rings. The third-order valence-corrected chi connectivity index (χ3v) is 4.45. The highest BCUT2D eigenvalue weighted by atomic mass is 16.5. The monoisotopic (exact) mass is 371 g/mol. The maximum Gasteiger partial charge on any atom is 0.255 e. The molecular weight excluding hydrogens is 350 g/mol. The molecule has 0 aliphatic rings. The summed E-state index contributed by atoms with van der Waals surface area (Å²) in [4.78, 5) is 17.2. The maximum absolute atomic E-state index is 12.6. The van der Waals surface area contributed by atoms with E-state index in [4.69, 9.17) is 4.74 Å². The minimum Gasteiger partial charge on any atom is -0.486 e. The number of hydrogen-bond acceptors (Lipinski definition) is 3. The normalized spacial score (nSPS) is 10.8. The lowest BCUT2D eigenvalue weighted by Crippen LogP contribution is -2.23. The van der Waals surface area contributed by atoms with E-state index in [1.807, 2.05) is 78.3 Å². The first kappa shape index (κ1) is 17.8. The third-order valence-electron chi connectivity index (χ3n) is 4.45. The summed E-state index contributed by atoms with van der Waals surface area (Å²) in [6, 6.07) is 21.1. The van der Waals surface area contributed by atoms with Crippen LogP contribution in [-0.4, -0.2) is 15.3 Å². The molecule has 2 aromatic carbocycles. The largest absolute Gasteiger partial charge is 0.486 e. The van der Waals surface area contributed by atoms with Crippen LogP contribution in [0.3, 0.4) is 0 Å². The minimum atomic E-state index is -0.162. The Morgan fingerprint density at radius 2 is 1.79 bits per heavy atom. The SMILES string of the molecule is Cc1ccc2nc(COc3ccccc3C(=O)NCc3ccccc3)cn2c1. The van der Waals surface area contributed by atoms with Gasteiger partial charge in [-0.25, -0.2) is 4.98 Å². The number of carbonyl (C=O) groups excluding carboxylic acids is 1. The van der Waals surface area contributed by atoms with Gasteiger partial charge in [-0.2, -0.15) is 0 Å². The molecule has 5 nitrogen and oxygen atoms in total. The number of amides is 1. The first-order valence-electron chi connectivity index (χ1n) is 9.17. The number of nitrogens with zero attached hydrogens (tertiary/aromatic N) is 2. The number of imidazole rings is 1. The maximum atomic E-state index is 12.6. The van der Waals surface area contributed by atoms with Crippen LogP contribution < -0.4 is 10.1 Å². The molecule has 0 fully saturated rings. The lowest BCUT2D eigenvalue weighted by molar-refractivity contribution is 0.0946. The standard InChI is InChI=1S/C23H21N3O2/c1-17-11-12-22-25-19(15-26(22)14-17)16-28-21-10-6-5-9-20(21)23(27)24-13-18-7-3-2-4-8-18/h2-12,14-15H,13,16H2,1H3,(H,24,27). The summed E-state index contributed by atoms with van der Waals surface area (Å²) in [5.41, 5.74) is 4.41. The second-order valence-corrected chi connectivity index (χ2v) is 6.66. The summed E-state index contributed by atoms with van der Waals surface area (Å²) < 4.78 is 7.90. The van der Waals surface area contributed by atoms with Crippen LogP contribution in [0.2, 0.25) is 0 Å². The summed E-state index contributed by atoms with van der Waals surface area (Å²) in [6.07, 6.45) is 3.97. The third kappa shape index (κ3) is 4.04. The molecule has 0 radical (unpaired) electrons. The Morgan fingerprint density at radius 1 is 1.00 bits per heavy atom. The fraction of sp³-hybridized carbons (Fsp3) is 0.130. The summed E-state index contributed by atoms with van der Waals surface area (Å²) in [5, 5.41) is 2.94. The second-order valence-electron chi connectivity index (χ2n) is 6.66. The van der Waals surface area contributed by atoms with E-state index in [0.29, 0.717) is 24.5 Å². The molecule has 0 saturated heterocycles. The molecule has 0 saturated carbocycles. The molecule has 140 valence electrons. The van der Waals surface area contributed by atoms with Crippen molar-refractivity contribution in [3.8, 4) is 5.75 Å². The molecule has 1 N–H and O–H groups in total. The minimum absolute atomic E-state index is 0.162. The molecule has 5 heteroatoms. The fourth-order valence-corrected chi connectivity index (χ4v) is 3.03. The lowest BCUT2D eigenvalue weighted by atomic mass is 10.1. The Labute approximate surface area is 163 Å². The zero-order valence-electron chi connectivity index (χ0n) is 15.6. The average Bonchev–Trinajstić information content (AvgIpc) is 3.13. The van der Waals surface area contributed by atoms with Gasteiger partial charge in [-0.05, 0) is 36.2 Å². The van der Waals surface area contributed by atoms with E-state index in [2.05, 4.69) is 10.3 Å². The zero-order valence-corrected chi connectivity index (χ0v) is 15.6. The summed E-state index contributed by atoms with van der Waals surface area (Å²) >= 11 is 0. The van der Waals surface area contributed by atoms with Crippen LogP contribution in [-0.2, 0) is 13.2 Å². The van der Waals surface area contributed by atoms with Crippen LogP contribution >= 0.6 is 0 Å². The first-order chi connectivity index (χ1) is 13.7. The number of fused-ring (bicyclic) bond motifs is 1. The molecule has 28 heavy (non-hydrogen) atoms. The van der Waals surface area contributed by atoms with Crippen LogP contribution in [0.25, 0.3) is 5.65 Å². The highest BCUT2D eigenvalue weighted by molar-refractivity contribution is 5.96. The van der Waals surface area contributed by atoms with Gasteiger partial charge in [-0.1, -0.05) is 48.5 Å². The van der Waals surface area contributed by atoms with Gasteiger partial charge in [-0.3, -0.25) is 4.79 Å². The molecule has 0 atom stereocenters. The number of aromatic nitrogens is 2. The van der Waals surface area contributed by atoms with Gasteiger partial charge in [0.2, 0.25) is 0 Å². The highest BCUT2D eigenvalue weighted by Crippen LogP contribution is 2.20. The molecule has 0 aliphatic heterocycles. The Kier molecular flexibility index (Phi) is 5.06. The average molecular weight is 371 g/mol. The summed E-state index contributed by atoms with van der Waals surface area (Å²) in [5.74, 6) is 0.381. The van der Waals surface area contributed by atoms with Gasteiger partial charge in [-0.15, -0.1) is 0 Å². The molecule has 0 unspecified atom stereocenters. The summed E-state index contributed by atoms with van der Waals surface area (Å²) in [7, 11) is 0. The number of ether oxygens (including phenoxy) is 1. The number of pyridine rings is 1. The van der Waals surface area contributed by atoms with Gasteiger partial charge >= 0.3 is 0 Å². The van der Waals surface area contributed by atoms with Crippen molar-refractivity contribution in [2.45, 2.75) is 20.1 Å². The smallest absolute Gasteiger partial charge is 0.255 e. The number of para-hydroxylation sites is 1. The lowest BCUT2D eigenvalue weighted by Gasteiger charge is -2.11. The number of hydrogen-bond donors (Lipinski definition) is 1. The predicted octanol–water partition coefficient (Wildman–Crippen LogP) is 4.15. The van der Waals surface area contributed by atoms with Gasteiger partial charge in [0.1, 0.15) is 18.0 Å². The van der Waals surface area contributed by atoms with Crippen molar-refractivity contribution in [2.24, 2.45) is 0 Å². The number of aryl methyl sites for hydroxylation is 1. The van der Waals surface area contributed by atoms with E-state index >= 15 is 0 Å². The van der Waals surface area contributed by atoms with E-state index in [1.54, 1.807) is 12.1 Å². The van der Waals surface area contributed by atoms with Crippen molar-refractivity contribution in [1.29, 1.82) is 0 Å². The molecule has 2 heterocycles. The molecule has 0 bridgehead atoms. The molecule has 1 amide bonds. The van der Waals surface area contributed by atoms with Crippen molar-refractivity contribution >= 4 is 11.6 Å². The van der Waals surface area contributed by atoms with E-state index in [-0.39, 0.29) is 5.91 Å².